The van der Waals surface area contributed by atoms with Gasteiger partial charge in [-0.1, -0.05) is 122 Å². The Hall–Kier alpha value is -4.66. The minimum atomic E-state index is -0.150. The Morgan fingerprint density at radius 2 is 1.18 bits per heavy atom. The van der Waals surface area contributed by atoms with E-state index in [0.717, 1.165) is 66.6 Å². The van der Waals surface area contributed by atoms with Gasteiger partial charge in [-0.2, -0.15) is 10.2 Å². The summed E-state index contributed by atoms with van der Waals surface area (Å²) >= 11 is 0. The maximum atomic E-state index is 11.1. The molecule has 4 nitrogen and oxygen atoms in total. The fourth-order valence-electron chi connectivity index (χ4n) is 5.43. The molecule has 0 atom stereocenters. The van der Waals surface area contributed by atoms with Gasteiger partial charge in [0.15, 0.2) is 0 Å². The molecule has 0 spiro atoms. The molecule has 7 rings (SSSR count). The fourth-order valence-corrected chi connectivity index (χ4v) is 5.43. The number of hydrogen-bond acceptors (Lipinski definition) is 4. The van der Waals surface area contributed by atoms with Crippen molar-refractivity contribution in [3.63, 3.8) is 0 Å². The summed E-state index contributed by atoms with van der Waals surface area (Å²) in [6.07, 6.45) is 0. The van der Waals surface area contributed by atoms with Gasteiger partial charge >= 0.3 is 0 Å². The van der Waals surface area contributed by atoms with Crippen LogP contribution in [0.5, 0.6) is 5.75 Å². The monoisotopic (exact) mass is 751 g/mol. The first-order valence-electron chi connectivity index (χ1n) is 14.4. The summed E-state index contributed by atoms with van der Waals surface area (Å²) in [5, 5.41) is 23.2. The number of aromatic hydroxyl groups is 1. The zero-order chi connectivity index (χ0) is 29.6. The Kier molecular flexibility index (Phi) is 7.88. The van der Waals surface area contributed by atoms with E-state index in [-0.39, 0.29) is 32.2 Å². The number of rotatable bonds is 4. The van der Waals surface area contributed by atoms with E-state index in [4.69, 9.17) is 4.98 Å². The zero-order valence-electron chi connectivity index (χ0n) is 24.7. The first-order valence-corrected chi connectivity index (χ1v) is 14.4. The van der Waals surface area contributed by atoms with Crippen molar-refractivity contribution in [3.8, 4) is 50.6 Å². The second-order valence-electron chi connectivity index (χ2n) is 11.9. The summed E-state index contributed by atoms with van der Waals surface area (Å²) in [7, 11) is 0. The van der Waals surface area contributed by atoms with Crippen molar-refractivity contribution < 1.29 is 26.2 Å². The second kappa shape index (κ2) is 11.8. The number of aromatic nitrogens is 3. The van der Waals surface area contributed by atoms with Crippen LogP contribution in [-0.2, 0) is 26.5 Å². The standard InChI is InChI=1S/C39H30N3O.Pt/c1-39(2,3)32-23-35(40-37(24-32)33-20-26-13-7-8-14-27(26)22-38(33)43)30-17-29(25-11-5-4-6-12-25)18-31(19-30)36-21-28-15-9-10-16-34(28)41-42-36;/h4-18,20-24,43H,1-3H3;/q-1;. The molecular weight excluding hydrogens is 722 g/mol. The number of hydrogen-bond donors (Lipinski definition) is 1. The van der Waals surface area contributed by atoms with E-state index in [1.165, 1.54) is 0 Å². The summed E-state index contributed by atoms with van der Waals surface area (Å²) in [5.74, 6) is 0.206. The molecule has 5 heteroatoms. The van der Waals surface area contributed by atoms with Crippen LogP contribution >= 0.6 is 0 Å². The second-order valence-corrected chi connectivity index (χ2v) is 11.9. The topological polar surface area (TPSA) is 58.9 Å². The van der Waals surface area contributed by atoms with Crippen LogP contribution in [0.15, 0.2) is 121 Å². The number of benzene rings is 5. The zero-order valence-corrected chi connectivity index (χ0v) is 26.9. The van der Waals surface area contributed by atoms with Crippen molar-refractivity contribution >= 4 is 21.7 Å². The molecule has 0 radical (unpaired) electrons. The van der Waals surface area contributed by atoms with Gasteiger partial charge in [0.2, 0.25) is 0 Å². The summed E-state index contributed by atoms with van der Waals surface area (Å²) in [5.41, 5.74) is 8.58. The fraction of sp³-hybridized carbons (Fsp3) is 0.103. The van der Waals surface area contributed by atoms with Gasteiger partial charge in [0.25, 0.3) is 0 Å². The van der Waals surface area contributed by atoms with Gasteiger partial charge in [0.05, 0.1) is 11.2 Å². The first kappa shape index (κ1) is 29.4. The van der Waals surface area contributed by atoms with Gasteiger partial charge < -0.3 is 5.11 Å². The molecular formula is C39H30N3OPt-. The predicted molar refractivity (Wildman–Crippen MR) is 176 cm³/mol. The average Bonchev–Trinajstić information content (AvgIpc) is 3.03. The molecule has 5 aromatic carbocycles. The van der Waals surface area contributed by atoms with Crippen LogP contribution in [0.3, 0.4) is 0 Å². The molecule has 0 fully saturated rings. The van der Waals surface area contributed by atoms with E-state index in [0.29, 0.717) is 5.56 Å². The molecule has 7 aromatic rings. The van der Waals surface area contributed by atoms with E-state index in [9.17, 15) is 5.11 Å². The third kappa shape index (κ3) is 5.78. The molecule has 0 aliphatic rings. The summed E-state index contributed by atoms with van der Waals surface area (Å²) in [6, 6.07) is 44.3. The molecule has 218 valence electrons. The molecule has 2 heterocycles. The molecule has 0 saturated carbocycles. The molecule has 0 saturated heterocycles. The Bertz CT molecular complexity index is 2140. The van der Waals surface area contributed by atoms with Crippen molar-refractivity contribution in [3.05, 3.63) is 133 Å². The van der Waals surface area contributed by atoms with Crippen LogP contribution < -0.4 is 0 Å². The van der Waals surface area contributed by atoms with E-state index in [2.05, 4.69) is 85.6 Å². The molecule has 1 N–H and O–H groups in total. The van der Waals surface area contributed by atoms with Crippen molar-refractivity contribution in [2.24, 2.45) is 0 Å². The molecule has 0 bridgehead atoms. The third-order valence-electron chi connectivity index (χ3n) is 7.85. The quantitative estimate of drug-likeness (QED) is 0.182. The van der Waals surface area contributed by atoms with Crippen LogP contribution in [0.25, 0.3) is 66.6 Å². The van der Waals surface area contributed by atoms with Gasteiger partial charge in [-0.25, -0.2) is 0 Å². The number of fused-ring (bicyclic) bond motifs is 2. The first-order chi connectivity index (χ1) is 20.8. The van der Waals surface area contributed by atoms with Gasteiger partial charge in [-0.05, 0) is 57.0 Å². The van der Waals surface area contributed by atoms with Crippen molar-refractivity contribution in [2.75, 3.05) is 0 Å². The molecule has 0 aliphatic heterocycles. The molecule has 44 heavy (non-hydrogen) atoms. The summed E-state index contributed by atoms with van der Waals surface area (Å²) in [4.78, 5) is 5.15. The van der Waals surface area contributed by atoms with Gasteiger partial charge in [0.1, 0.15) is 5.75 Å². The summed E-state index contributed by atoms with van der Waals surface area (Å²) < 4.78 is 0. The van der Waals surface area contributed by atoms with Crippen LogP contribution in [0, 0.1) is 6.07 Å². The van der Waals surface area contributed by atoms with Crippen molar-refractivity contribution in [1.82, 2.24) is 15.2 Å². The minimum absolute atomic E-state index is 0. The SMILES string of the molecule is CC(C)(C)c1cc(-c2[c-]c(-c3cc4ccccc4nn3)cc(-c3ccccc3)c2)nc(-c2cc3ccccc3cc2O)c1.[Pt]. The van der Waals surface area contributed by atoms with E-state index in [1.807, 2.05) is 72.8 Å². The van der Waals surface area contributed by atoms with Crippen LogP contribution in [0.1, 0.15) is 26.3 Å². The predicted octanol–water partition coefficient (Wildman–Crippen LogP) is 9.65. The molecule has 2 aromatic heterocycles. The molecule has 0 unspecified atom stereocenters. The normalized spacial score (nSPS) is 11.4. The number of nitrogens with zero attached hydrogens (tertiary/aromatic N) is 3. The molecule has 0 amide bonds. The Morgan fingerprint density at radius 3 is 1.91 bits per heavy atom. The number of pyridine rings is 1. The van der Waals surface area contributed by atoms with E-state index in [1.54, 1.807) is 0 Å². The van der Waals surface area contributed by atoms with Crippen molar-refractivity contribution in [2.45, 2.75) is 26.2 Å². The van der Waals surface area contributed by atoms with Crippen LogP contribution in [0.2, 0.25) is 0 Å². The maximum absolute atomic E-state index is 11.1. The largest absolute Gasteiger partial charge is 0.507 e. The molecule has 0 aliphatic carbocycles. The minimum Gasteiger partial charge on any atom is -0.507 e. The maximum Gasteiger partial charge on any atom is 0.125 e. The smallest absolute Gasteiger partial charge is 0.125 e. The van der Waals surface area contributed by atoms with Crippen LogP contribution in [-0.4, -0.2) is 20.3 Å². The van der Waals surface area contributed by atoms with Gasteiger partial charge in [-0.15, -0.1) is 18.2 Å². The van der Waals surface area contributed by atoms with Gasteiger partial charge in [-0.3, -0.25) is 4.98 Å². The van der Waals surface area contributed by atoms with Crippen molar-refractivity contribution in [1.29, 1.82) is 0 Å². The third-order valence-corrected chi connectivity index (χ3v) is 7.85. The van der Waals surface area contributed by atoms with E-state index >= 15 is 0 Å². The Morgan fingerprint density at radius 1 is 0.568 bits per heavy atom. The Labute approximate surface area is 271 Å². The number of phenols is 1. The van der Waals surface area contributed by atoms with E-state index < -0.39 is 0 Å². The number of phenolic OH excluding ortho intramolecular Hbond substituents is 1. The summed E-state index contributed by atoms with van der Waals surface area (Å²) in [6.45, 7) is 6.57. The van der Waals surface area contributed by atoms with Gasteiger partial charge in [0, 0.05) is 38.0 Å². The average molecular weight is 752 g/mol. The van der Waals surface area contributed by atoms with Crippen LogP contribution in [0.4, 0.5) is 0 Å². The Balaban J connectivity index is 0.00000343.